The van der Waals surface area contributed by atoms with Crippen LogP contribution in [0, 0.1) is 5.92 Å². The lowest BCUT2D eigenvalue weighted by molar-refractivity contribution is -0.143. The molecule has 1 saturated heterocycles. The van der Waals surface area contributed by atoms with E-state index in [0.717, 1.165) is 12.8 Å². The summed E-state index contributed by atoms with van der Waals surface area (Å²) in [5.41, 5.74) is 2.18. The number of hydrogen-bond donors (Lipinski definition) is 3. The number of para-hydroxylation sites is 1. The van der Waals surface area contributed by atoms with Crippen molar-refractivity contribution in [1.29, 1.82) is 0 Å². The van der Waals surface area contributed by atoms with Crippen molar-refractivity contribution in [3.63, 3.8) is 0 Å². The number of amides is 3. The Labute approximate surface area is 193 Å². The number of nitrogens with one attached hydrogen (secondary N) is 2. The van der Waals surface area contributed by atoms with Gasteiger partial charge in [0.15, 0.2) is 0 Å². The normalized spacial score (nSPS) is 16.2. The SMILES string of the molecule is CCCC[C@H](CC(=O)NO)C(=O)N1CCC[C@H]1C(=O)Nc1cccc(Oc2ccccc2)c1. The summed E-state index contributed by atoms with van der Waals surface area (Å²) in [6.07, 6.45) is 3.38. The van der Waals surface area contributed by atoms with E-state index in [2.05, 4.69) is 5.32 Å². The molecule has 0 radical (unpaired) electrons. The first-order valence-corrected chi connectivity index (χ1v) is 11.4. The molecule has 1 aliphatic rings. The minimum atomic E-state index is -0.600. The Bertz CT molecular complexity index is 950. The number of nitrogens with zero attached hydrogens (tertiary/aromatic N) is 1. The van der Waals surface area contributed by atoms with Crippen molar-refractivity contribution >= 4 is 23.4 Å². The van der Waals surface area contributed by atoms with E-state index in [0.29, 0.717) is 43.0 Å². The minimum absolute atomic E-state index is 0.0982. The Morgan fingerprint density at radius 3 is 2.61 bits per heavy atom. The zero-order valence-electron chi connectivity index (χ0n) is 18.8. The minimum Gasteiger partial charge on any atom is -0.457 e. The van der Waals surface area contributed by atoms with Crippen LogP contribution in [0.4, 0.5) is 5.69 Å². The number of rotatable bonds is 10. The Hall–Kier alpha value is -3.39. The molecule has 2 atom stereocenters. The Kier molecular flexibility index (Phi) is 8.83. The molecule has 176 valence electrons. The molecule has 0 aromatic heterocycles. The molecule has 3 rings (SSSR count). The molecule has 3 N–H and O–H groups in total. The van der Waals surface area contributed by atoms with Crippen molar-refractivity contribution in [2.45, 2.75) is 51.5 Å². The summed E-state index contributed by atoms with van der Waals surface area (Å²) < 4.78 is 5.83. The number of hydroxylamine groups is 1. The average molecular weight is 454 g/mol. The van der Waals surface area contributed by atoms with Gasteiger partial charge in [-0.2, -0.15) is 0 Å². The molecule has 33 heavy (non-hydrogen) atoms. The predicted octanol–water partition coefficient (Wildman–Crippen LogP) is 4.11. The topological polar surface area (TPSA) is 108 Å². The standard InChI is InChI=1S/C25H31N3O5/c1-2-3-9-18(16-23(29)27-32)25(31)28-15-8-14-22(28)24(30)26-19-10-7-13-21(17-19)33-20-11-5-4-6-12-20/h4-7,10-13,17-18,22,32H,2-3,8-9,14-16H2,1H3,(H,26,30)(H,27,29)/t18-,22+/m1/s1. The molecule has 1 aliphatic heterocycles. The zero-order chi connectivity index (χ0) is 23.6. The third-order valence-electron chi connectivity index (χ3n) is 5.73. The molecule has 1 fully saturated rings. The molecule has 2 aromatic rings. The van der Waals surface area contributed by atoms with Gasteiger partial charge in [-0.3, -0.25) is 19.6 Å². The van der Waals surface area contributed by atoms with Crippen LogP contribution >= 0.6 is 0 Å². The molecule has 0 saturated carbocycles. The van der Waals surface area contributed by atoms with Gasteiger partial charge in [0.25, 0.3) is 0 Å². The predicted molar refractivity (Wildman–Crippen MR) is 124 cm³/mol. The van der Waals surface area contributed by atoms with E-state index >= 15 is 0 Å². The second kappa shape index (κ2) is 12.0. The smallest absolute Gasteiger partial charge is 0.247 e. The number of hydrogen-bond acceptors (Lipinski definition) is 5. The summed E-state index contributed by atoms with van der Waals surface area (Å²) in [5.74, 6) is -0.357. The monoisotopic (exact) mass is 453 g/mol. The molecule has 8 nitrogen and oxygen atoms in total. The zero-order valence-corrected chi connectivity index (χ0v) is 18.8. The molecule has 8 heteroatoms. The summed E-state index contributed by atoms with van der Waals surface area (Å²) >= 11 is 0. The van der Waals surface area contributed by atoms with Crippen LogP contribution in [-0.4, -0.2) is 40.4 Å². The Balaban J connectivity index is 1.67. The van der Waals surface area contributed by atoms with E-state index < -0.39 is 17.9 Å². The third kappa shape index (κ3) is 6.79. The van der Waals surface area contributed by atoms with Crippen LogP contribution in [0.2, 0.25) is 0 Å². The molecule has 0 spiro atoms. The van der Waals surface area contributed by atoms with E-state index in [-0.39, 0.29) is 18.2 Å². The highest BCUT2D eigenvalue weighted by Gasteiger charge is 2.37. The number of anilines is 1. The van der Waals surface area contributed by atoms with Crippen LogP contribution in [0.25, 0.3) is 0 Å². The van der Waals surface area contributed by atoms with E-state index in [9.17, 15) is 14.4 Å². The molecular formula is C25H31N3O5. The Morgan fingerprint density at radius 1 is 1.12 bits per heavy atom. The quantitative estimate of drug-likeness (QED) is 0.371. The van der Waals surface area contributed by atoms with Crippen LogP contribution < -0.4 is 15.5 Å². The van der Waals surface area contributed by atoms with Crippen molar-refractivity contribution in [2.75, 3.05) is 11.9 Å². The van der Waals surface area contributed by atoms with Crippen molar-refractivity contribution in [3.8, 4) is 11.5 Å². The van der Waals surface area contributed by atoms with Crippen molar-refractivity contribution in [2.24, 2.45) is 5.92 Å². The second-order valence-electron chi connectivity index (χ2n) is 8.20. The van der Waals surface area contributed by atoms with Gasteiger partial charge in [-0.05, 0) is 43.5 Å². The van der Waals surface area contributed by atoms with Gasteiger partial charge in [0.2, 0.25) is 17.7 Å². The summed E-state index contributed by atoms with van der Waals surface area (Å²) in [5, 5.41) is 11.8. The lowest BCUT2D eigenvalue weighted by Crippen LogP contribution is -2.46. The van der Waals surface area contributed by atoms with E-state index in [1.807, 2.05) is 37.3 Å². The first-order valence-electron chi connectivity index (χ1n) is 11.4. The van der Waals surface area contributed by atoms with Gasteiger partial charge in [-0.15, -0.1) is 0 Å². The first kappa shape index (κ1) is 24.3. The molecule has 0 aliphatic carbocycles. The highest BCUT2D eigenvalue weighted by atomic mass is 16.5. The van der Waals surface area contributed by atoms with E-state index in [1.54, 1.807) is 34.6 Å². The number of benzene rings is 2. The summed E-state index contributed by atoms with van der Waals surface area (Å²) in [4.78, 5) is 39.5. The van der Waals surface area contributed by atoms with Crippen molar-refractivity contribution in [1.82, 2.24) is 10.4 Å². The van der Waals surface area contributed by atoms with Crippen LogP contribution in [0.1, 0.15) is 45.4 Å². The lowest BCUT2D eigenvalue weighted by Gasteiger charge is -2.28. The largest absolute Gasteiger partial charge is 0.457 e. The van der Waals surface area contributed by atoms with E-state index in [4.69, 9.17) is 9.94 Å². The second-order valence-corrected chi connectivity index (χ2v) is 8.20. The summed E-state index contributed by atoms with van der Waals surface area (Å²) in [7, 11) is 0. The number of ether oxygens (including phenoxy) is 1. The van der Waals surface area contributed by atoms with Gasteiger partial charge in [0, 0.05) is 30.6 Å². The highest BCUT2D eigenvalue weighted by Crippen LogP contribution is 2.27. The van der Waals surface area contributed by atoms with Gasteiger partial charge in [-0.1, -0.05) is 44.0 Å². The molecule has 3 amide bonds. The molecular weight excluding hydrogens is 422 g/mol. The molecule has 0 unspecified atom stereocenters. The van der Waals surface area contributed by atoms with E-state index in [1.165, 1.54) is 0 Å². The fourth-order valence-electron chi connectivity index (χ4n) is 4.06. The van der Waals surface area contributed by atoms with Gasteiger partial charge in [0.05, 0.1) is 0 Å². The van der Waals surface area contributed by atoms with Crippen LogP contribution in [0.5, 0.6) is 11.5 Å². The summed E-state index contributed by atoms with van der Waals surface area (Å²) in [6, 6.07) is 15.9. The van der Waals surface area contributed by atoms with Gasteiger partial charge < -0.3 is 15.0 Å². The molecule has 0 bridgehead atoms. The summed E-state index contributed by atoms with van der Waals surface area (Å²) in [6.45, 7) is 2.48. The maximum atomic E-state index is 13.2. The van der Waals surface area contributed by atoms with Crippen LogP contribution in [-0.2, 0) is 14.4 Å². The van der Waals surface area contributed by atoms with Crippen molar-refractivity contribution < 1.29 is 24.3 Å². The fraction of sp³-hybridized carbons (Fsp3) is 0.400. The van der Waals surface area contributed by atoms with Gasteiger partial charge in [-0.25, -0.2) is 5.48 Å². The van der Waals surface area contributed by atoms with Crippen molar-refractivity contribution in [3.05, 3.63) is 54.6 Å². The lowest BCUT2D eigenvalue weighted by atomic mass is 9.96. The van der Waals surface area contributed by atoms with Crippen LogP contribution in [0.15, 0.2) is 54.6 Å². The number of likely N-dealkylation sites (tertiary alicyclic amines) is 1. The van der Waals surface area contributed by atoms with Gasteiger partial charge >= 0.3 is 0 Å². The molecule has 1 heterocycles. The maximum absolute atomic E-state index is 13.2. The average Bonchev–Trinajstić information content (AvgIpc) is 3.32. The highest BCUT2D eigenvalue weighted by molar-refractivity contribution is 5.98. The number of unbranched alkanes of at least 4 members (excludes halogenated alkanes) is 1. The molecule has 2 aromatic carbocycles. The third-order valence-corrected chi connectivity index (χ3v) is 5.73. The Morgan fingerprint density at radius 2 is 1.88 bits per heavy atom. The first-order chi connectivity index (χ1) is 16.0. The fourth-order valence-corrected chi connectivity index (χ4v) is 4.06. The maximum Gasteiger partial charge on any atom is 0.247 e. The number of carbonyl (C=O) groups excluding carboxylic acids is 3. The van der Waals surface area contributed by atoms with Crippen LogP contribution in [0.3, 0.4) is 0 Å². The number of carbonyl (C=O) groups is 3. The van der Waals surface area contributed by atoms with Gasteiger partial charge in [0.1, 0.15) is 17.5 Å².